The fraction of sp³-hybridized carbons (Fsp3) is 0.167. The Morgan fingerprint density at radius 1 is 1.11 bits per heavy atom. The Bertz CT molecular complexity index is 922. The van der Waals surface area contributed by atoms with E-state index in [9.17, 15) is 18.0 Å². The van der Waals surface area contributed by atoms with E-state index in [1.165, 1.54) is 36.0 Å². The van der Waals surface area contributed by atoms with Crippen molar-refractivity contribution in [1.29, 1.82) is 0 Å². The molecule has 0 spiro atoms. The maximum atomic E-state index is 12.5. The molecule has 5 nitrogen and oxygen atoms in total. The summed E-state index contributed by atoms with van der Waals surface area (Å²) in [5.41, 5.74) is 0.771. The van der Waals surface area contributed by atoms with E-state index < -0.39 is 12.1 Å². The van der Waals surface area contributed by atoms with Gasteiger partial charge in [0.15, 0.2) is 5.78 Å². The number of ether oxygens (including phenoxy) is 1. The molecule has 0 N–H and O–H groups in total. The Hall–Kier alpha value is -2.81. The number of methoxy groups -OCH3 is 1. The van der Waals surface area contributed by atoms with Crippen LogP contribution in [0.2, 0.25) is 0 Å². The van der Waals surface area contributed by atoms with E-state index in [1.807, 2.05) is 24.3 Å². The maximum Gasteiger partial charge on any atom is 0.471 e. The third-order valence-corrected chi connectivity index (χ3v) is 4.57. The molecule has 27 heavy (non-hydrogen) atoms. The fourth-order valence-electron chi connectivity index (χ4n) is 2.17. The number of thioether (sulfide) groups is 1. The zero-order valence-electron chi connectivity index (χ0n) is 14.0. The summed E-state index contributed by atoms with van der Waals surface area (Å²) in [5.74, 6) is -0.739. The van der Waals surface area contributed by atoms with Crippen LogP contribution in [0.3, 0.4) is 0 Å². The van der Waals surface area contributed by atoms with Crippen LogP contribution >= 0.6 is 11.8 Å². The van der Waals surface area contributed by atoms with Crippen LogP contribution < -0.4 is 4.74 Å². The second kappa shape index (κ2) is 7.83. The number of halogens is 3. The molecule has 0 amide bonds. The summed E-state index contributed by atoms with van der Waals surface area (Å²) in [4.78, 5) is 16.5. The summed E-state index contributed by atoms with van der Waals surface area (Å²) in [6.07, 6.45) is -4.69. The highest BCUT2D eigenvalue weighted by Gasteiger charge is 2.38. The first-order chi connectivity index (χ1) is 12.9. The van der Waals surface area contributed by atoms with Crippen LogP contribution in [-0.4, -0.2) is 28.8 Å². The van der Waals surface area contributed by atoms with E-state index in [2.05, 4.69) is 14.7 Å². The van der Waals surface area contributed by atoms with Crippen LogP contribution in [0.5, 0.6) is 5.75 Å². The van der Waals surface area contributed by atoms with Gasteiger partial charge in [-0.3, -0.25) is 4.79 Å². The summed E-state index contributed by atoms with van der Waals surface area (Å²) in [6, 6.07) is 13.3. The maximum absolute atomic E-state index is 12.5. The number of carbonyl (C=O) groups excluding carboxylic acids is 1. The Balaban J connectivity index is 1.63. The molecule has 0 aliphatic carbocycles. The van der Waals surface area contributed by atoms with E-state index in [-0.39, 0.29) is 17.4 Å². The van der Waals surface area contributed by atoms with Crippen LogP contribution in [-0.2, 0) is 6.18 Å². The third-order valence-electron chi connectivity index (χ3n) is 3.56. The predicted molar refractivity (Wildman–Crippen MR) is 92.8 cm³/mol. The molecule has 3 aromatic rings. The molecule has 0 radical (unpaired) electrons. The topological polar surface area (TPSA) is 65.2 Å². The number of hydrogen-bond acceptors (Lipinski definition) is 6. The average Bonchev–Trinajstić information content (AvgIpc) is 3.17. The zero-order chi connectivity index (χ0) is 19.4. The fourth-order valence-corrected chi connectivity index (χ4v) is 2.96. The zero-order valence-corrected chi connectivity index (χ0v) is 14.8. The second-order valence-corrected chi connectivity index (χ2v) is 6.43. The van der Waals surface area contributed by atoms with Gasteiger partial charge in [0.05, 0.1) is 12.9 Å². The number of rotatable bonds is 6. The monoisotopic (exact) mass is 394 g/mol. The highest BCUT2D eigenvalue weighted by Crippen LogP contribution is 2.29. The van der Waals surface area contributed by atoms with Gasteiger partial charge in [-0.2, -0.15) is 18.2 Å². The van der Waals surface area contributed by atoms with Crippen molar-refractivity contribution in [1.82, 2.24) is 10.1 Å². The smallest absolute Gasteiger partial charge is 0.471 e. The van der Waals surface area contributed by atoms with Crippen LogP contribution in [0.15, 0.2) is 57.9 Å². The minimum absolute atomic E-state index is 0.105. The molecule has 2 aromatic carbocycles. The van der Waals surface area contributed by atoms with E-state index in [0.717, 1.165) is 10.6 Å². The molecule has 0 aliphatic heterocycles. The second-order valence-electron chi connectivity index (χ2n) is 5.39. The number of Topliss-reactive ketones (excluding diaryl/α,β-unsaturated/α-hetero) is 1. The van der Waals surface area contributed by atoms with Gasteiger partial charge in [0, 0.05) is 16.0 Å². The Morgan fingerprint density at radius 2 is 1.78 bits per heavy atom. The summed E-state index contributed by atoms with van der Waals surface area (Å²) in [7, 11) is 1.58. The number of aromatic nitrogens is 2. The third kappa shape index (κ3) is 4.68. The minimum atomic E-state index is -4.69. The van der Waals surface area contributed by atoms with Gasteiger partial charge in [-0.05, 0) is 24.3 Å². The van der Waals surface area contributed by atoms with Crippen LogP contribution in [0.4, 0.5) is 13.2 Å². The SMILES string of the molecule is COc1ccc(SCC(=O)c2ccc(-c3noc(C(F)(F)F)n3)cc2)cc1. The predicted octanol–water partition coefficient (Wildman–Crippen LogP) is 4.74. The quantitative estimate of drug-likeness (QED) is 0.445. The summed E-state index contributed by atoms with van der Waals surface area (Å²) in [6.45, 7) is 0. The van der Waals surface area contributed by atoms with Gasteiger partial charge in [-0.15, -0.1) is 11.8 Å². The van der Waals surface area contributed by atoms with Gasteiger partial charge in [0.2, 0.25) is 5.82 Å². The first-order valence-electron chi connectivity index (χ1n) is 7.68. The molecule has 1 heterocycles. The molecule has 0 saturated heterocycles. The van der Waals surface area contributed by atoms with Crippen LogP contribution in [0, 0.1) is 0 Å². The van der Waals surface area contributed by atoms with Gasteiger partial charge in [-0.25, -0.2) is 0 Å². The van der Waals surface area contributed by atoms with Crippen molar-refractivity contribution >= 4 is 17.5 Å². The molecule has 0 bridgehead atoms. The molecule has 1 aromatic heterocycles. The highest BCUT2D eigenvalue weighted by atomic mass is 32.2. The van der Waals surface area contributed by atoms with Crippen molar-refractivity contribution < 1.29 is 27.2 Å². The summed E-state index contributed by atoms with van der Waals surface area (Å²) >= 11 is 1.38. The van der Waals surface area contributed by atoms with E-state index in [1.54, 1.807) is 7.11 Å². The highest BCUT2D eigenvalue weighted by molar-refractivity contribution is 8.00. The minimum Gasteiger partial charge on any atom is -0.497 e. The van der Waals surface area contributed by atoms with Crippen molar-refractivity contribution in [3.05, 3.63) is 60.0 Å². The number of hydrogen-bond donors (Lipinski definition) is 0. The van der Waals surface area contributed by atoms with E-state index in [4.69, 9.17) is 4.74 Å². The van der Waals surface area contributed by atoms with Crippen molar-refractivity contribution in [2.75, 3.05) is 12.9 Å². The molecular formula is C18H13F3N2O3S. The van der Waals surface area contributed by atoms with Crippen LogP contribution in [0.1, 0.15) is 16.2 Å². The normalized spacial score (nSPS) is 11.4. The van der Waals surface area contributed by atoms with Gasteiger partial charge in [0.1, 0.15) is 5.75 Å². The average molecular weight is 394 g/mol. The lowest BCUT2D eigenvalue weighted by atomic mass is 10.1. The van der Waals surface area contributed by atoms with Crippen molar-refractivity contribution in [2.24, 2.45) is 0 Å². The molecule has 9 heteroatoms. The largest absolute Gasteiger partial charge is 0.497 e. The first kappa shape index (κ1) is 19.0. The molecule has 0 fully saturated rings. The van der Waals surface area contributed by atoms with Gasteiger partial charge in [0.25, 0.3) is 0 Å². The molecule has 3 rings (SSSR count). The lowest BCUT2D eigenvalue weighted by molar-refractivity contribution is -0.159. The number of nitrogens with zero attached hydrogens (tertiary/aromatic N) is 2. The summed E-state index contributed by atoms with van der Waals surface area (Å²) in [5, 5.41) is 3.31. The summed E-state index contributed by atoms with van der Waals surface area (Å²) < 4.78 is 46.8. The number of carbonyl (C=O) groups is 1. The van der Waals surface area contributed by atoms with Crippen LogP contribution in [0.25, 0.3) is 11.4 Å². The van der Waals surface area contributed by atoms with Crippen molar-refractivity contribution in [3.8, 4) is 17.1 Å². The van der Waals surface area contributed by atoms with Crippen molar-refractivity contribution in [2.45, 2.75) is 11.1 Å². The number of alkyl halides is 3. The Morgan fingerprint density at radius 3 is 2.33 bits per heavy atom. The Kier molecular flexibility index (Phi) is 5.50. The molecule has 0 unspecified atom stereocenters. The van der Waals surface area contributed by atoms with Gasteiger partial charge < -0.3 is 9.26 Å². The lowest BCUT2D eigenvalue weighted by Gasteiger charge is -2.04. The molecule has 0 aliphatic rings. The molecular weight excluding hydrogens is 381 g/mol. The molecule has 140 valence electrons. The Labute approximate surface area is 156 Å². The standard InChI is InChI=1S/C18H13F3N2O3S/c1-25-13-6-8-14(9-7-13)27-10-15(24)11-2-4-12(5-3-11)16-22-17(26-23-16)18(19,20)21/h2-9H,10H2,1H3. The van der Waals surface area contributed by atoms with Gasteiger partial charge in [-0.1, -0.05) is 29.4 Å². The van der Waals surface area contributed by atoms with E-state index in [0.29, 0.717) is 11.1 Å². The van der Waals surface area contributed by atoms with Gasteiger partial charge >= 0.3 is 12.1 Å². The lowest BCUT2D eigenvalue weighted by Crippen LogP contribution is -2.05. The molecule has 0 saturated carbocycles. The molecule has 0 atom stereocenters. The first-order valence-corrected chi connectivity index (χ1v) is 8.67. The number of ketones is 1. The van der Waals surface area contributed by atoms with E-state index >= 15 is 0 Å². The number of benzene rings is 2. The van der Waals surface area contributed by atoms with Crippen molar-refractivity contribution in [3.63, 3.8) is 0 Å².